The van der Waals surface area contributed by atoms with Crippen molar-refractivity contribution < 1.29 is 13.6 Å². The van der Waals surface area contributed by atoms with Gasteiger partial charge in [-0.1, -0.05) is 0 Å². The van der Waals surface area contributed by atoms with Crippen molar-refractivity contribution in [1.82, 2.24) is 5.43 Å². The van der Waals surface area contributed by atoms with Crippen LogP contribution >= 0.6 is 11.8 Å². The second-order valence-corrected chi connectivity index (χ2v) is 6.20. The molecular formula is C16H15FN2O2S. The van der Waals surface area contributed by atoms with E-state index in [0.29, 0.717) is 29.2 Å². The van der Waals surface area contributed by atoms with Gasteiger partial charge in [-0.3, -0.25) is 4.79 Å². The summed E-state index contributed by atoms with van der Waals surface area (Å²) in [4.78, 5) is 13.1. The van der Waals surface area contributed by atoms with Crippen molar-refractivity contribution in [2.24, 2.45) is 5.10 Å². The largest absolute Gasteiger partial charge is 0.466 e. The molecule has 22 heavy (non-hydrogen) atoms. The fraction of sp³-hybridized carbons (Fsp3) is 0.250. The van der Waals surface area contributed by atoms with Crippen molar-refractivity contribution >= 4 is 23.4 Å². The van der Waals surface area contributed by atoms with Gasteiger partial charge >= 0.3 is 0 Å². The molecule has 6 heteroatoms. The van der Waals surface area contributed by atoms with E-state index >= 15 is 0 Å². The van der Waals surface area contributed by atoms with Crippen LogP contribution in [-0.2, 0) is 0 Å². The first-order chi connectivity index (χ1) is 10.5. The second-order valence-electron chi connectivity index (χ2n) is 5.07. The molecule has 0 spiro atoms. The molecule has 0 unspecified atom stereocenters. The van der Waals surface area contributed by atoms with Gasteiger partial charge in [0, 0.05) is 22.6 Å². The Morgan fingerprint density at radius 1 is 1.36 bits per heavy atom. The molecular weight excluding hydrogens is 303 g/mol. The van der Waals surface area contributed by atoms with Crippen LogP contribution in [0.4, 0.5) is 4.39 Å². The summed E-state index contributed by atoms with van der Waals surface area (Å²) < 4.78 is 18.8. The zero-order valence-electron chi connectivity index (χ0n) is 12.3. The number of carbonyl (C=O) groups excluding carboxylic acids is 1. The maximum atomic E-state index is 13.4. The summed E-state index contributed by atoms with van der Waals surface area (Å²) in [6.45, 7) is 3.52. The SMILES string of the molecule is Cc1cc(C(=O)N/N=C2/CCSc3ccc(F)cc32)c(C)o1. The maximum Gasteiger partial charge on any atom is 0.274 e. The molecule has 0 fully saturated rings. The third-order valence-corrected chi connectivity index (χ3v) is 4.50. The van der Waals surface area contributed by atoms with Crippen LogP contribution in [0.3, 0.4) is 0 Å². The first kappa shape index (κ1) is 14.8. The third kappa shape index (κ3) is 2.92. The van der Waals surface area contributed by atoms with Gasteiger partial charge < -0.3 is 4.42 Å². The monoisotopic (exact) mass is 318 g/mol. The average Bonchev–Trinajstić information content (AvgIpc) is 2.83. The van der Waals surface area contributed by atoms with Crippen molar-refractivity contribution in [3.8, 4) is 0 Å². The molecule has 4 nitrogen and oxygen atoms in total. The first-order valence-corrected chi connectivity index (χ1v) is 7.90. The van der Waals surface area contributed by atoms with Crippen LogP contribution < -0.4 is 5.43 Å². The second kappa shape index (κ2) is 5.96. The molecule has 1 aromatic heterocycles. The molecule has 2 heterocycles. The summed E-state index contributed by atoms with van der Waals surface area (Å²) in [5, 5.41) is 4.19. The molecule has 0 bridgehead atoms. The van der Waals surface area contributed by atoms with Crippen molar-refractivity contribution in [2.75, 3.05) is 5.75 Å². The van der Waals surface area contributed by atoms with Gasteiger partial charge in [0.05, 0.1) is 11.3 Å². The Kier molecular flexibility index (Phi) is 4.02. The van der Waals surface area contributed by atoms with E-state index in [2.05, 4.69) is 10.5 Å². The van der Waals surface area contributed by atoms with Gasteiger partial charge in [-0.2, -0.15) is 5.10 Å². The maximum absolute atomic E-state index is 13.4. The predicted octanol–water partition coefficient (Wildman–Crippen LogP) is 3.67. The lowest BCUT2D eigenvalue weighted by Gasteiger charge is -2.17. The van der Waals surface area contributed by atoms with Crippen molar-refractivity contribution in [3.63, 3.8) is 0 Å². The van der Waals surface area contributed by atoms with Gasteiger partial charge in [-0.15, -0.1) is 11.8 Å². The molecule has 0 saturated carbocycles. The summed E-state index contributed by atoms with van der Waals surface area (Å²) in [6, 6.07) is 6.31. The van der Waals surface area contributed by atoms with Crippen molar-refractivity contribution in [3.05, 3.63) is 52.7 Å². The third-order valence-electron chi connectivity index (χ3n) is 3.43. The molecule has 1 aliphatic heterocycles. The summed E-state index contributed by atoms with van der Waals surface area (Å²) in [7, 11) is 0. The molecule has 1 N–H and O–H groups in total. The standard InChI is InChI=1S/C16H15FN2O2S/c1-9-7-12(10(2)21-9)16(20)19-18-14-5-6-22-15-4-3-11(17)8-13(14)15/h3-4,7-8H,5-6H2,1-2H3,(H,19,20)/b18-14-. The number of hydrogen-bond donors (Lipinski definition) is 1. The highest BCUT2D eigenvalue weighted by Crippen LogP contribution is 2.30. The van der Waals surface area contributed by atoms with Crippen LogP contribution in [0.15, 0.2) is 38.7 Å². The number of hydrogen-bond acceptors (Lipinski definition) is 4. The van der Waals surface area contributed by atoms with Gasteiger partial charge in [0.2, 0.25) is 0 Å². The lowest BCUT2D eigenvalue weighted by atomic mass is 10.1. The average molecular weight is 318 g/mol. The fourth-order valence-corrected chi connectivity index (χ4v) is 3.41. The molecule has 2 aromatic rings. The van der Waals surface area contributed by atoms with E-state index in [1.807, 2.05) is 0 Å². The van der Waals surface area contributed by atoms with Crippen LogP contribution in [0.5, 0.6) is 0 Å². The quantitative estimate of drug-likeness (QED) is 0.860. The molecule has 1 aromatic carbocycles. The Morgan fingerprint density at radius 3 is 2.91 bits per heavy atom. The number of hydrazone groups is 1. The Bertz CT molecular complexity index is 768. The van der Waals surface area contributed by atoms with E-state index in [1.165, 1.54) is 12.1 Å². The number of nitrogens with zero attached hydrogens (tertiary/aromatic N) is 1. The fourth-order valence-electron chi connectivity index (χ4n) is 2.40. The minimum Gasteiger partial charge on any atom is -0.466 e. The van der Waals surface area contributed by atoms with E-state index in [9.17, 15) is 9.18 Å². The van der Waals surface area contributed by atoms with Crippen LogP contribution in [0.2, 0.25) is 0 Å². The highest BCUT2D eigenvalue weighted by molar-refractivity contribution is 7.99. The van der Waals surface area contributed by atoms with Crippen LogP contribution in [0, 0.1) is 19.7 Å². The Balaban J connectivity index is 1.84. The van der Waals surface area contributed by atoms with Crippen molar-refractivity contribution in [1.29, 1.82) is 0 Å². The number of thioether (sulfide) groups is 1. The highest BCUT2D eigenvalue weighted by Gasteiger charge is 2.18. The summed E-state index contributed by atoms with van der Waals surface area (Å²) >= 11 is 1.66. The van der Waals surface area contributed by atoms with Crippen LogP contribution in [0.25, 0.3) is 0 Å². The van der Waals surface area contributed by atoms with E-state index in [4.69, 9.17) is 4.42 Å². The number of nitrogens with one attached hydrogen (secondary N) is 1. The molecule has 0 radical (unpaired) electrons. The van der Waals surface area contributed by atoms with Gasteiger partial charge in [0.25, 0.3) is 5.91 Å². The number of benzene rings is 1. The Labute approximate surface area is 131 Å². The van der Waals surface area contributed by atoms with E-state index < -0.39 is 0 Å². The highest BCUT2D eigenvalue weighted by atomic mass is 32.2. The number of rotatable bonds is 2. The predicted molar refractivity (Wildman–Crippen MR) is 83.9 cm³/mol. The van der Waals surface area contributed by atoms with Gasteiger partial charge in [-0.25, -0.2) is 9.82 Å². The van der Waals surface area contributed by atoms with E-state index in [1.54, 1.807) is 37.7 Å². The number of fused-ring (bicyclic) bond motifs is 1. The molecule has 0 atom stereocenters. The topological polar surface area (TPSA) is 54.6 Å². The smallest absolute Gasteiger partial charge is 0.274 e. The molecule has 114 valence electrons. The molecule has 0 saturated heterocycles. The Morgan fingerprint density at radius 2 is 2.18 bits per heavy atom. The zero-order chi connectivity index (χ0) is 15.7. The lowest BCUT2D eigenvalue weighted by molar-refractivity contribution is 0.0953. The van der Waals surface area contributed by atoms with Gasteiger partial charge in [0.15, 0.2) is 0 Å². The summed E-state index contributed by atoms with van der Waals surface area (Å²) in [5.74, 6) is 1.47. The Hall–Kier alpha value is -2.08. The number of halogens is 1. The molecule has 0 aliphatic carbocycles. The summed E-state index contributed by atoms with van der Waals surface area (Å²) in [5.41, 5.74) is 4.45. The minimum absolute atomic E-state index is 0.304. The number of aryl methyl sites for hydroxylation is 2. The molecule has 1 aliphatic rings. The minimum atomic E-state index is -0.321. The van der Waals surface area contributed by atoms with Gasteiger partial charge in [0.1, 0.15) is 17.3 Å². The number of furan rings is 1. The first-order valence-electron chi connectivity index (χ1n) is 6.91. The normalized spacial score (nSPS) is 15.7. The van der Waals surface area contributed by atoms with Gasteiger partial charge in [-0.05, 0) is 38.1 Å². The summed E-state index contributed by atoms with van der Waals surface area (Å²) in [6.07, 6.45) is 0.685. The van der Waals surface area contributed by atoms with Crippen LogP contribution in [0.1, 0.15) is 33.9 Å². The number of carbonyl (C=O) groups is 1. The van der Waals surface area contributed by atoms with E-state index in [-0.39, 0.29) is 11.7 Å². The number of amides is 1. The van der Waals surface area contributed by atoms with Crippen LogP contribution in [-0.4, -0.2) is 17.4 Å². The molecule has 3 rings (SSSR count). The van der Waals surface area contributed by atoms with E-state index in [0.717, 1.165) is 16.2 Å². The lowest BCUT2D eigenvalue weighted by Crippen LogP contribution is -2.22. The molecule has 1 amide bonds. The van der Waals surface area contributed by atoms with Crippen molar-refractivity contribution in [2.45, 2.75) is 25.2 Å². The zero-order valence-corrected chi connectivity index (χ0v) is 13.1.